The maximum absolute atomic E-state index is 12.8. The predicted molar refractivity (Wildman–Crippen MR) is 188 cm³/mol. The number of rotatable bonds is 15. The summed E-state index contributed by atoms with van der Waals surface area (Å²) >= 11 is 1.76. The lowest BCUT2D eigenvalue weighted by Gasteiger charge is -2.36. The summed E-state index contributed by atoms with van der Waals surface area (Å²) in [6.45, 7) is -0.00341. The summed E-state index contributed by atoms with van der Waals surface area (Å²) in [7, 11) is 0. The van der Waals surface area contributed by atoms with Gasteiger partial charge in [-0.15, -0.1) is 11.8 Å². The maximum Gasteiger partial charge on any atom is 0.224 e. The molecular formula is C38H43N3O5S. The number of aliphatic hydroxyl groups excluding tert-OH is 1. The maximum atomic E-state index is 12.8. The molecule has 9 heteroatoms. The van der Waals surface area contributed by atoms with Crippen LogP contribution < -0.4 is 16.4 Å². The molecule has 0 spiro atoms. The van der Waals surface area contributed by atoms with Crippen molar-refractivity contribution in [2.45, 2.75) is 74.9 Å². The highest BCUT2D eigenvalue weighted by atomic mass is 32.2. The van der Waals surface area contributed by atoms with Crippen molar-refractivity contribution in [3.8, 4) is 0 Å². The molecule has 0 bridgehead atoms. The van der Waals surface area contributed by atoms with Gasteiger partial charge < -0.3 is 30.9 Å². The Morgan fingerprint density at radius 3 is 2.19 bits per heavy atom. The van der Waals surface area contributed by atoms with Gasteiger partial charge in [-0.25, -0.2) is 0 Å². The monoisotopic (exact) mass is 653 g/mol. The first-order valence-electron chi connectivity index (χ1n) is 16.2. The molecule has 1 saturated heterocycles. The van der Waals surface area contributed by atoms with Gasteiger partial charge in [0.05, 0.1) is 30.2 Å². The van der Waals surface area contributed by atoms with Crippen molar-refractivity contribution in [2.75, 3.05) is 22.1 Å². The third-order valence-corrected chi connectivity index (χ3v) is 9.17. The van der Waals surface area contributed by atoms with E-state index in [0.29, 0.717) is 36.3 Å². The fraction of sp³-hybridized carbons (Fsp3) is 0.316. The number of carbonyl (C=O) groups excluding carboxylic acids is 2. The van der Waals surface area contributed by atoms with E-state index in [2.05, 4.69) is 22.8 Å². The van der Waals surface area contributed by atoms with Crippen LogP contribution in [0.15, 0.2) is 108 Å². The first-order chi connectivity index (χ1) is 23.0. The molecule has 0 radical (unpaired) electrons. The van der Waals surface area contributed by atoms with Crippen LogP contribution in [0.25, 0.3) is 0 Å². The number of nitrogens with one attached hydrogen (secondary N) is 2. The number of amides is 2. The van der Waals surface area contributed by atoms with E-state index in [1.807, 2.05) is 78.9 Å². The van der Waals surface area contributed by atoms with Crippen molar-refractivity contribution in [1.82, 2.24) is 0 Å². The first-order valence-corrected chi connectivity index (χ1v) is 17.2. The Bertz CT molecular complexity index is 1580. The van der Waals surface area contributed by atoms with Gasteiger partial charge >= 0.3 is 0 Å². The summed E-state index contributed by atoms with van der Waals surface area (Å²) < 4.78 is 13.0. The van der Waals surface area contributed by atoms with Crippen molar-refractivity contribution in [3.05, 3.63) is 120 Å². The number of carbonyl (C=O) groups is 2. The second-order valence-corrected chi connectivity index (χ2v) is 12.8. The third-order valence-electron chi connectivity index (χ3n) is 8.03. The molecule has 0 saturated carbocycles. The highest BCUT2D eigenvalue weighted by molar-refractivity contribution is 7.99. The van der Waals surface area contributed by atoms with E-state index in [1.54, 1.807) is 23.9 Å². The van der Waals surface area contributed by atoms with Gasteiger partial charge in [-0.1, -0.05) is 79.6 Å². The minimum absolute atomic E-state index is 0.00341. The van der Waals surface area contributed by atoms with Crippen LogP contribution in [0.4, 0.5) is 17.1 Å². The fourth-order valence-corrected chi connectivity index (χ4v) is 6.41. The van der Waals surface area contributed by atoms with Gasteiger partial charge in [0, 0.05) is 41.2 Å². The minimum atomic E-state index is -0.597. The van der Waals surface area contributed by atoms with Crippen LogP contribution in [0, 0.1) is 0 Å². The molecule has 4 aromatic rings. The predicted octanol–water partition coefficient (Wildman–Crippen LogP) is 8.02. The van der Waals surface area contributed by atoms with E-state index in [9.17, 15) is 14.7 Å². The second kappa shape index (κ2) is 17.7. The van der Waals surface area contributed by atoms with Gasteiger partial charge in [-0.3, -0.25) is 9.59 Å². The molecule has 1 aliphatic heterocycles. The van der Waals surface area contributed by atoms with Gasteiger partial charge in [-0.05, 0) is 60.4 Å². The number of hydrogen-bond acceptors (Lipinski definition) is 7. The van der Waals surface area contributed by atoms with Crippen molar-refractivity contribution in [3.63, 3.8) is 0 Å². The Morgan fingerprint density at radius 1 is 0.766 bits per heavy atom. The third kappa shape index (κ3) is 10.7. The molecule has 5 N–H and O–H groups in total. The van der Waals surface area contributed by atoms with Crippen LogP contribution in [0.5, 0.6) is 0 Å². The van der Waals surface area contributed by atoms with Crippen LogP contribution in [0.2, 0.25) is 0 Å². The highest BCUT2D eigenvalue weighted by Crippen LogP contribution is 2.40. The lowest BCUT2D eigenvalue weighted by atomic mass is 10.0. The van der Waals surface area contributed by atoms with Gasteiger partial charge in [-0.2, -0.15) is 0 Å². The van der Waals surface area contributed by atoms with Crippen LogP contribution in [-0.4, -0.2) is 28.8 Å². The Labute approximate surface area is 281 Å². The van der Waals surface area contributed by atoms with Gasteiger partial charge in [0.2, 0.25) is 11.8 Å². The molecule has 1 aliphatic rings. The Morgan fingerprint density at radius 2 is 1.47 bits per heavy atom. The molecule has 1 heterocycles. The van der Waals surface area contributed by atoms with E-state index in [4.69, 9.17) is 15.2 Å². The van der Waals surface area contributed by atoms with Crippen LogP contribution in [-0.2, 0) is 25.7 Å². The Hall–Kier alpha value is -4.15. The fourth-order valence-electron chi connectivity index (χ4n) is 5.46. The number of ether oxygens (including phenoxy) is 2. The molecule has 1 fully saturated rings. The summed E-state index contributed by atoms with van der Waals surface area (Å²) in [6.07, 6.45) is 3.91. The minimum Gasteiger partial charge on any atom is -0.397 e. The number of benzene rings is 4. The lowest BCUT2D eigenvalue weighted by Crippen LogP contribution is -2.31. The van der Waals surface area contributed by atoms with Crippen LogP contribution >= 0.6 is 11.8 Å². The first kappa shape index (κ1) is 34.2. The van der Waals surface area contributed by atoms with Crippen molar-refractivity contribution in [2.24, 2.45) is 0 Å². The summed E-state index contributed by atoms with van der Waals surface area (Å²) in [5.74, 6) is 0.667. The largest absolute Gasteiger partial charge is 0.397 e. The molecule has 4 aromatic carbocycles. The van der Waals surface area contributed by atoms with Crippen molar-refractivity contribution >= 4 is 40.6 Å². The molecule has 246 valence electrons. The number of aliphatic hydroxyl groups is 1. The number of thioether (sulfide) groups is 1. The normalized spacial score (nSPS) is 17.6. The average Bonchev–Trinajstić information content (AvgIpc) is 3.10. The van der Waals surface area contributed by atoms with Gasteiger partial charge in [0.1, 0.15) is 0 Å². The number of nitrogen functional groups attached to an aromatic ring is 1. The van der Waals surface area contributed by atoms with E-state index in [0.717, 1.165) is 48.1 Å². The van der Waals surface area contributed by atoms with Gasteiger partial charge in [0.15, 0.2) is 6.29 Å². The SMILES string of the molecule is Nc1ccccc1NC(=O)CCCCCCC(=O)Nc1cccc(C2OC(CSc3ccccc3)CC(c3ccc(CO)cc3)O2)c1. The number of hydrogen-bond donors (Lipinski definition) is 4. The smallest absolute Gasteiger partial charge is 0.224 e. The molecule has 0 aromatic heterocycles. The van der Waals surface area contributed by atoms with E-state index < -0.39 is 6.29 Å². The lowest BCUT2D eigenvalue weighted by molar-refractivity contribution is -0.245. The molecule has 8 nitrogen and oxygen atoms in total. The number of anilines is 3. The van der Waals surface area contributed by atoms with Crippen molar-refractivity contribution < 1.29 is 24.2 Å². The molecule has 5 rings (SSSR count). The standard InChI is InChI=1S/C38H43N3O5S/c39-33-15-8-9-16-34(33)41-37(44)18-7-2-1-6-17-36(43)40-30-12-10-11-29(23-30)38-45-31(26-47-32-13-4-3-5-14-32)24-35(46-38)28-21-19-27(25-42)20-22-28/h3-5,8-16,19-23,31,35,38,42H,1-2,6-7,17-18,24-26,39H2,(H,40,43)(H,41,44). The zero-order valence-electron chi connectivity index (χ0n) is 26.5. The van der Waals surface area contributed by atoms with Gasteiger partial charge in [0.25, 0.3) is 0 Å². The van der Waals surface area contributed by atoms with E-state index in [1.165, 1.54) is 4.90 Å². The van der Waals surface area contributed by atoms with E-state index in [-0.39, 0.29) is 30.6 Å². The number of para-hydroxylation sites is 2. The van der Waals surface area contributed by atoms with Crippen LogP contribution in [0.1, 0.15) is 74.0 Å². The quantitative estimate of drug-likeness (QED) is 0.0582. The molecule has 2 amide bonds. The summed E-state index contributed by atoms with van der Waals surface area (Å²) in [5, 5.41) is 15.4. The topological polar surface area (TPSA) is 123 Å². The zero-order chi connectivity index (χ0) is 32.8. The average molecular weight is 654 g/mol. The molecular weight excluding hydrogens is 611 g/mol. The zero-order valence-corrected chi connectivity index (χ0v) is 27.3. The highest BCUT2D eigenvalue weighted by Gasteiger charge is 2.32. The summed E-state index contributed by atoms with van der Waals surface area (Å²) in [6, 6.07) is 33.0. The molecule has 0 aliphatic carbocycles. The van der Waals surface area contributed by atoms with Crippen molar-refractivity contribution in [1.29, 1.82) is 0 Å². The molecule has 47 heavy (non-hydrogen) atoms. The van der Waals surface area contributed by atoms with Crippen LogP contribution in [0.3, 0.4) is 0 Å². The number of unbranched alkanes of at least 4 members (excludes halogenated alkanes) is 3. The number of nitrogens with two attached hydrogens (primary N) is 1. The summed E-state index contributed by atoms with van der Waals surface area (Å²) in [5.41, 5.74) is 10.5. The molecule has 3 unspecified atom stereocenters. The molecule has 3 atom stereocenters. The Balaban J connectivity index is 1.11. The second-order valence-electron chi connectivity index (χ2n) is 11.7. The summed E-state index contributed by atoms with van der Waals surface area (Å²) in [4.78, 5) is 26.2. The van der Waals surface area contributed by atoms with E-state index >= 15 is 0 Å². The Kier molecular flexibility index (Phi) is 12.9.